The molecular formula is C33H20F10N2O5. The highest BCUT2D eigenvalue weighted by molar-refractivity contribution is 5.95. The zero-order chi connectivity index (χ0) is 36.9. The van der Waals surface area contributed by atoms with Crippen LogP contribution in [0, 0.1) is 12.4 Å². The van der Waals surface area contributed by atoms with Gasteiger partial charge in [0.2, 0.25) is 0 Å². The number of amides is 2. The Kier molecular flexibility index (Phi) is 10.6. The molecule has 0 fully saturated rings. The van der Waals surface area contributed by atoms with Gasteiger partial charge in [-0.3, -0.25) is 4.79 Å². The van der Waals surface area contributed by atoms with Crippen LogP contribution in [0.4, 0.5) is 43.9 Å². The van der Waals surface area contributed by atoms with E-state index in [0.29, 0.717) is 12.1 Å². The number of ether oxygens (including phenoxy) is 3. The number of carbonyl (C=O) groups is 2. The molecule has 0 atom stereocenters. The normalized spacial score (nSPS) is 12.1. The maximum absolute atomic E-state index is 14.1. The second kappa shape index (κ2) is 14.4. The third-order valence-electron chi connectivity index (χ3n) is 6.84. The molecule has 4 aromatic carbocycles. The van der Waals surface area contributed by atoms with Crippen molar-refractivity contribution in [3.05, 3.63) is 136 Å². The summed E-state index contributed by atoms with van der Waals surface area (Å²) in [6.07, 6.45) is -16.2. The van der Waals surface area contributed by atoms with Gasteiger partial charge in [-0.15, -0.1) is 26.3 Å². The van der Waals surface area contributed by atoms with E-state index in [4.69, 9.17) is 11.3 Å². The number of rotatable bonds is 11. The van der Waals surface area contributed by atoms with E-state index in [2.05, 4.69) is 19.6 Å². The van der Waals surface area contributed by atoms with E-state index in [9.17, 15) is 53.5 Å². The Morgan fingerprint density at radius 2 is 1.24 bits per heavy atom. The third kappa shape index (κ3) is 9.65. The fourth-order valence-corrected chi connectivity index (χ4v) is 4.86. The molecule has 0 aliphatic heterocycles. The third-order valence-corrected chi connectivity index (χ3v) is 6.84. The fraction of sp³-hybridized carbons (Fsp3) is 0.182. The van der Waals surface area contributed by atoms with Crippen LogP contribution >= 0.6 is 0 Å². The van der Waals surface area contributed by atoms with E-state index in [1.54, 1.807) is 0 Å². The lowest BCUT2D eigenvalue weighted by Gasteiger charge is -2.37. The van der Waals surface area contributed by atoms with E-state index < -0.39 is 77.7 Å². The Bertz CT molecular complexity index is 1860. The molecule has 1 N–H and O–H groups in total. The lowest BCUT2D eigenvalue weighted by atomic mass is 9.77. The van der Waals surface area contributed by atoms with E-state index in [1.165, 1.54) is 36.4 Å². The Labute approximate surface area is 275 Å². The van der Waals surface area contributed by atoms with Crippen LogP contribution in [0.3, 0.4) is 0 Å². The van der Waals surface area contributed by atoms with Gasteiger partial charge in [0.05, 0.1) is 17.7 Å². The Hall–Kier alpha value is -5.79. The smallest absolute Gasteiger partial charge is 0.496 e. The van der Waals surface area contributed by atoms with Crippen molar-refractivity contribution in [2.24, 2.45) is 0 Å². The van der Waals surface area contributed by atoms with Crippen molar-refractivity contribution in [3.8, 4) is 17.2 Å². The first-order chi connectivity index (χ1) is 23.3. The molecule has 4 aromatic rings. The summed E-state index contributed by atoms with van der Waals surface area (Å²) in [7, 11) is 0. The molecule has 2 amide bonds. The summed E-state index contributed by atoms with van der Waals surface area (Å²) in [6.45, 7) is 6.09. The number of nitrogens with one attached hydrogen (secondary N) is 1. The largest absolute Gasteiger partial charge is 0.573 e. The number of benzene rings is 4. The first-order valence-corrected chi connectivity index (χ1v) is 13.8. The van der Waals surface area contributed by atoms with Gasteiger partial charge in [-0.1, -0.05) is 36.4 Å². The standard InChI is InChI=1S/C33H20F10N2O5/c1-44-28(46)18-48-23-8-2-5-19(13-23)17-30(21-6-3-9-24(15-21)49-32(38,39)40,22-7-4-10-25(16-22)50-33(41,42)43)45-29(47)20-11-12-27(34)26(14-20)31(35,36)37/h2-16H,17-18H2,(H,45,47). The molecule has 0 heterocycles. The summed E-state index contributed by atoms with van der Waals surface area (Å²) >= 11 is 0. The maximum atomic E-state index is 14.1. The minimum atomic E-state index is -5.25. The molecule has 0 bridgehead atoms. The van der Waals surface area contributed by atoms with Gasteiger partial charge < -0.3 is 24.3 Å². The molecule has 0 aliphatic rings. The predicted octanol–water partition coefficient (Wildman–Crippen LogP) is 8.38. The Morgan fingerprint density at radius 3 is 1.76 bits per heavy atom. The first kappa shape index (κ1) is 37.0. The molecule has 262 valence electrons. The molecule has 0 radical (unpaired) electrons. The zero-order valence-corrected chi connectivity index (χ0v) is 24.8. The number of nitrogens with zero attached hydrogens (tertiary/aromatic N) is 1. The second-order valence-corrected chi connectivity index (χ2v) is 10.3. The molecule has 0 aliphatic carbocycles. The van der Waals surface area contributed by atoms with Crippen molar-refractivity contribution in [1.82, 2.24) is 5.32 Å². The van der Waals surface area contributed by atoms with E-state index in [1.807, 2.05) is 0 Å². The van der Waals surface area contributed by atoms with Crippen LogP contribution in [0.25, 0.3) is 4.85 Å². The van der Waals surface area contributed by atoms with Crippen molar-refractivity contribution in [2.75, 3.05) is 6.61 Å². The van der Waals surface area contributed by atoms with E-state index in [-0.39, 0.29) is 28.5 Å². The molecule has 0 aromatic heterocycles. The zero-order valence-electron chi connectivity index (χ0n) is 24.8. The molecule has 0 saturated carbocycles. The topological polar surface area (TPSA) is 78.2 Å². The van der Waals surface area contributed by atoms with Gasteiger partial charge in [0.25, 0.3) is 5.91 Å². The summed E-state index contributed by atoms with van der Waals surface area (Å²) in [5.41, 5.74) is -5.24. The molecule has 0 unspecified atom stereocenters. The van der Waals surface area contributed by atoms with Gasteiger partial charge in [0.15, 0.2) is 6.61 Å². The van der Waals surface area contributed by atoms with Crippen LogP contribution in [0.5, 0.6) is 17.2 Å². The molecule has 4 rings (SSSR count). The molecule has 50 heavy (non-hydrogen) atoms. The summed E-state index contributed by atoms with van der Waals surface area (Å²) in [5, 5.41) is 2.45. The Balaban J connectivity index is 1.98. The van der Waals surface area contributed by atoms with Crippen LogP contribution in [-0.4, -0.2) is 31.1 Å². The maximum Gasteiger partial charge on any atom is 0.573 e. The fourth-order valence-electron chi connectivity index (χ4n) is 4.86. The summed E-state index contributed by atoms with van der Waals surface area (Å²) in [4.78, 5) is 27.9. The van der Waals surface area contributed by atoms with Crippen LogP contribution in [-0.2, 0) is 22.9 Å². The average Bonchev–Trinajstić information content (AvgIpc) is 3.01. The predicted molar refractivity (Wildman–Crippen MR) is 153 cm³/mol. The number of hydrogen-bond acceptors (Lipinski definition) is 5. The summed E-state index contributed by atoms with van der Waals surface area (Å²) < 4.78 is 148. The lowest BCUT2D eigenvalue weighted by molar-refractivity contribution is -0.275. The van der Waals surface area contributed by atoms with Gasteiger partial charge in [-0.2, -0.15) is 18.0 Å². The molecule has 0 saturated heterocycles. The SMILES string of the molecule is [C-]#[N+]C(=O)COc1cccc(CC(NC(=O)c2ccc(F)c(C(F)(F)F)c2)(c2cccc(OC(F)(F)F)c2)c2cccc(OC(F)(F)F)c2)c1. The average molecular weight is 715 g/mol. The molecule has 17 heteroatoms. The number of halogens is 10. The van der Waals surface area contributed by atoms with Crippen molar-refractivity contribution in [3.63, 3.8) is 0 Å². The van der Waals surface area contributed by atoms with Crippen molar-refractivity contribution >= 4 is 11.8 Å². The monoisotopic (exact) mass is 714 g/mol. The van der Waals surface area contributed by atoms with Crippen LogP contribution in [0.2, 0.25) is 0 Å². The van der Waals surface area contributed by atoms with Crippen molar-refractivity contribution in [1.29, 1.82) is 0 Å². The van der Waals surface area contributed by atoms with Gasteiger partial charge >= 0.3 is 24.8 Å². The van der Waals surface area contributed by atoms with Gasteiger partial charge in [0.1, 0.15) is 23.1 Å². The molecular weight excluding hydrogens is 694 g/mol. The van der Waals surface area contributed by atoms with Gasteiger partial charge in [-0.05, 0) is 71.3 Å². The second-order valence-electron chi connectivity index (χ2n) is 10.3. The number of carbonyl (C=O) groups excluding carboxylic acids is 2. The highest BCUT2D eigenvalue weighted by Gasteiger charge is 2.41. The first-order valence-electron chi connectivity index (χ1n) is 13.8. The van der Waals surface area contributed by atoms with Crippen LogP contribution in [0.15, 0.2) is 91.0 Å². The highest BCUT2D eigenvalue weighted by Crippen LogP contribution is 2.40. The molecule has 0 spiro atoms. The van der Waals surface area contributed by atoms with Crippen LogP contribution in [0.1, 0.15) is 32.6 Å². The minimum absolute atomic E-state index is 0.0172. The van der Waals surface area contributed by atoms with Gasteiger partial charge in [-0.25, -0.2) is 4.39 Å². The van der Waals surface area contributed by atoms with Crippen molar-refractivity contribution in [2.45, 2.75) is 30.9 Å². The lowest BCUT2D eigenvalue weighted by Crippen LogP contribution is -2.48. The summed E-state index contributed by atoms with van der Waals surface area (Å²) in [6, 6.07) is 14.5. The van der Waals surface area contributed by atoms with Crippen LogP contribution < -0.4 is 19.5 Å². The molecule has 7 nitrogen and oxygen atoms in total. The van der Waals surface area contributed by atoms with Gasteiger partial charge in [0, 0.05) is 12.0 Å². The van der Waals surface area contributed by atoms with E-state index in [0.717, 1.165) is 36.4 Å². The quantitative estimate of drug-likeness (QED) is 0.125. The Morgan fingerprint density at radius 1 is 0.700 bits per heavy atom. The number of hydrogen-bond donors (Lipinski definition) is 1. The summed E-state index contributed by atoms with van der Waals surface area (Å²) in [5.74, 6) is -5.74. The minimum Gasteiger partial charge on any atom is -0.496 e. The van der Waals surface area contributed by atoms with Crippen molar-refractivity contribution < 1.29 is 67.7 Å². The van der Waals surface area contributed by atoms with E-state index >= 15 is 0 Å². The number of alkyl halides is 9. The highest BCUT2D eigenvalue weighted by atomic mass is 19.4.